The van der Waals surface area contributed by atoms with Gasteiger partial charge in [0.25, 0.3) is 5.91 Å². The van der Waals surface area contributed by atoms with Gasteiger partial charge < -0.3 is 48.5 Å². The van der Waals surface area contributed by atoms with Gasteiger partial charge in [0, 0.05) is 25.1 Å². The van der Waals surface area contributed by atoms with Gasteiger partial charge in [-0.05, 0) is 86.2 Å². The first-order valence-electron chi connectivity index (χ1n) is 25.9. The molecule has 4 aromatic rings. The summed E-state index contributed by atoms with van der Waals surface area (Å²) in [7, 11) is 0. The minimum atomic E-state index is -4.87. The number of amides is 5. The number of anilines is 2. The lowest BCUT2D eigenvalue weighted by molar-refractivity contribution is -0.144. The van der Waals surface area contributed by atoms with Gasteiger partial charge in [0.05, 0.1) is 124 Å². The number of carbonyl (C=O) groups excluding carboxylic acids is 5. The lowest BCUT2D eigenvalue weighted by Gasteiger charge is -2.35. The maximum Gasteiger partial charge on any atom is 0.417 e. The summed E-state index contributed by atoms with van der Waals surface area (Å²) in [5.74, 6) is -1.34. The van der Waals surface area contributed by atoms with Gasteiger partial charge in [-0.3, -0.25) is 24.1 Å². The number of β-amino-alcohol motifs (C(OH)–C–C–N with tert-alkyl or cyclic N) is 1. The number of aryl methyl sites for hydroxylation is 2. The number of hydrogen-bond donors (Lipinski definition) is 2. The van der Waals surface area contributed by atoms with Gasteiger partial charge in [0.2, 0.25) is 11.8 Å². The molecule has 19 nitrogen and oxygen atoms in total. The third-order valence-corrected chi connectivity index (χ3v) is 14.0. The number of alkyl halides is 3. The summed E-state index contributed by atoms with van der Waals surface area (Å²) in [5, 5.41) is 22.5. The SMILES string of the molecule is Cc1ncsc1-c1ccc(CCC(=O)[C@@H]2C[C@@H](O)CN2C(=O)[C@@H](NC(=O)COCCOCCOCCOCCOCCOCCOc2ccc(N3C(=O)N(c4ccc(C#N)c(C(F)(F)F)c4)C(=O)C3(C)C)cc2)C(C)(C)C)cc1. The fourth-order valence-electron chi connectivity index (χ4n) is 8.85. The third kappa shape index (κ3) is 17.1. The van der Waals surface area contributed by atoms with Crippen molar-refractivity contribution in [3.8, 4) is 22.3 Å². The van der Waals surface area contributed by atoms with Crippen molar-refractivity contribution < 1.29 is 75.4 Å². The number of nitriles is 1. The zero-order valence-electron chi connectivity index (χ0n) is 45.3. The standard InChI is InChI=1S/C56H69F3N6O13S/c1-37-49(79-36-61-37)39-10-7-38(8-11-39)9-18-47(67)46-32-43(66)34-63(46)51(69)50(54(2,3)4)62-48(68)35-77-28-27-75-24-23-73-20-19-72-21-22-74-25-26-76-29-30-78-44-16-14-41(15-17-44)65-53(71)64(52(70)55(65,5)6)42-13-12-40(33-60)45(31-42)56(57,58)59/h7-8,10-17,31,36,43,46,50,66H,9,18-30,32,34-35H2,1-6H3,(H,62,68)/t43-,46+,50-/m1/s1. The largest absolute Gasteiger partial charge is 0.491 e. The molecule has 6 rings (SSSR count). The molecule has 2 fully saturated rings. The van der Waals surface area contributed by atoms with Crippen molar-refractivity contribution >= 4 is 52.2 Å². The first-order chi connectivity index (χ1) is 37.6. The Morgan fingerprint density at radius 1 is 0.823 bits per heavy atom. The Kier molecular flexibility index (Phi) is 22.5. The lowest BCUT2D eigenvalue weighted by atomic mass is 9.85. The number of ether oxygens (including phenoxy) is 7. The van der Waals surface area contributed by atoms with Gasteiger partial charge >= 0.3 is 12.2 Å². The maximum absolute atomic E-state index is 13.9. The van der Waals surface area contributed by atoms with Gasteiger partial charge in [0.1, 0.15) is 30.5 Å². The topological polar surface area (TPSA) is 229 Å². The predicted molar refractivity (Wildman–Crippen MR) is 286 cm³/mol. The van der Waals surface area contributed by atoms with Crippen LogP contribution in [-0.2, 0) is 60.2 Å². The number of aromatic nitrogens is 1. The summed E-state index contributed by atoms with van der Waals surface area (Å²) < 4.78 is 79.8. The monoisotopic (exact) mass is 1120 g/mol. The van der Waals surface area contributed by atoms with E-state index in [-0.39, 0.29) is 63.9 Å². The number of nitrogens with one attached hydrogen (secondary N) is 1. The highest BCUT2D eigenvalue weighted by atomic mass is 32.1. The van der Waals surface area contributed by atoms with Crippen molar-refractivity contribution in [3.05, 3.63) is 94.6 Å². The maximum atomic E-state index is 13.9. The second-order valence-corrected chi connectivity index (χ2v) is 21.2. The quantitative estimate of drug-likeness (QED) is 0.0398. The van der Waals surface area contributed by atoms with E-state index in [0.29, 0.717) is 81.7 Å². The van der Waals surface area contributed by atoms with E-state index in [0.717, 1.165) is 33.8 Å². The third-order valence-electron chi connectivity index (χ3n) is 13.0. The Bertz CT molecular complexity index is 2730. The molecular weight excluding hydrogens is 1050 g/mol. The molecule has 2 aliphatic heterocycles. The number of benzene rings is 3. The van der Waals surface area contributed by atoms with Gasteiger partial charge in [-0.25, -0.2) is 14.7 Å². The van der Waals surface area contributed by atoms with E-state index in [9.17, 15) is 42.3 Å². The Morgan fingerprint density at radius 2 is 1.38 bits per heavy atom. The molecule has 5 amide bonds. The number of likely N-dealkylation sites (tertiary alicyclic amines) is 1. The number of carbonyl (C=O) groups is 5. The Hall–Kier alpha value is -6.36. The second-order valence-electron chi connectivity index (χ2n) is 20.3. The van der Waals surface area contributed by atoms with Crippen LogP contribution in [0.15, 0.2) is 72.2 Å². The van der Waals surface area contributed by atoms with Gasteiger partial charge in [0.15, 0.2) is 5.78 Å². The molecule has 428 valence electrons. The average molecular weight is 1120 g/mol. The molecule has 0 unspecified atom stereocenters. The molecular formula is C56H69F3N6O13S. The Morgan fingerprint density at radius 3 is 1.91 bits per heavy atom. The van der Waals surface area contributed by atoms with E-state index < -0.39 is 70.2 Å². The van der Waals surface area contributed by atoms with Crippen molar-refractivity contribution in [1.82, 2.24) is 15.2 Å². The number of Topliss-reactive ketones (excluding diaryl/α,β-unsaturated/α-hetero) is 1. The summed E-state index contributed by atoms with van der Waals surface area (Å²) in [5.41, 5.74) is 0.836. The minimum absolute atomic E-state index is 0.00183. The number of hydrogen-bond acceptors (Lipinski definition) is 16. The molecule has 23 heteroatoms. The highest BCUT2D eigenvalue weighted by Gasteiger charge is 2.53. The van der Waals surface area contributed by atoms with E-state index in [1.54, 1.807) is 35.6 Å². The Labute approximate surface area is 461 Å². The van der Waals surface area contributed by atoms with Crippen molar-refractivity contribution in [2.75, 3.05) is 102 Å². The van der Waals surface area contributed by atoms with Crippen LogP contribution in [0.3, 0.4) is 0 Å². The number of halogens is 3. The number of aliphatic hydroxyl groups is 1. The van der Waals surface area contributed by atoms with Gasteiger partial charge in [-0.1, -0.05) is 45.0 Å². The number of urea groups is 1. The van der Waals surface area contributed by atoms with Crippen molar-refractivity contribution in [2.24, 2.45) is 5.41 Å². The molecule has 0 spiro atoms. The van der Waals surface area contributed by atoms with Crippen LogP contribution in [-0.4, -0.2) is 161 Å². The molecule has 3 atom stereocenters. The normalized spacial score (nSPS) is 16.8. The molecule has 0 bridgehead atoms. The summed E-state index contributed by atoms with van der Waals surface area (Å²) in [6.07, 6.45) is -4.90. The van der Waals surface area contributed by atoms with E-state index in [4.69, 9.17) is 38.4 Å². The molecule has 3 heterocycles. The molecule has 2 saturated heterocycles. The number of nitrogens with zero attached hydrogens (tertiary/aromatic N) is 5. The first-order valence-corrected chi connectivity index (χ1v) is 26.8. The zero-order chi connectivity index (χ0) is 57.3. The molecule has 0 aliphatic carbocycles. The number of ketones is 1. The molecule has 79 heavy (non-hydrogen) atoms. The number of rotatable bonds is 30. The van der Waals surface area contributed by atoms with Crippen LogP contribution in [0.4, 0.5) is 29.3 Å². The molecule has 1 aromatic heterocycles. The van der Waals surface area contributed by atoms with Crippen molar-refractivity contribution in [3.63, 3.8) is 0 Å². The van der Waals surface area contributed by atoms with Gasteiger partial charge in [-0.15, -0.1) is 11.3 Å². The van der Waals surface area contributed by atoms with Crippen LogP contribution in [0, 0.1) is 23.7 Å². The molecule has 0 saturated carbocycles. The zero-order valence-corrected chi connectivity index (χ0v) is 46.1. The van der Waals surface area contributed by atoms with E-state index in [2.05, 4.69) is 10.3 Å². The summed E-state index contributed by atoms with van der Waals surface area (Å²) >= 11 is 1.57. The fraction of sp³-hybridized carbons (Fsp3) is 0.518. The van der Waals surface area contributed by atoms with E-state index >= 15 is 0 Å². The number of imide groups is 1. The van der Waals surface area contributed by atoms with Crippen LogP contribution >= 0.6 is 11.3 Å². The summed E-state index contributed by atoms with van der Waals surface area (Å²) in [6, 6.07) is 15.9. The van der Waals surface area contributed by atoms with E-state index in [1.165, 1.54) is 29.7 Å². The van der Waals surface area contributed by atoms with Crippen molar-refractivity contribution in [1.29, 1.82) is 5.26 Å². The van der Waals surface area contributed by atoms with E-state index in [1.807, 2.05) is 57.5 Å². The number of aliphatic hydroxyl groups excluding tert-OH is 1. The van der Waals surface area contributed by atoms with Crippen LogP contribution in [0.5, 0.6) is 5.75 Å². The van der Waals surface area contributed by atoms with Crippen LogP contribution in [0.2, 0.25) is 0 Å². The summed E-state index contributed by atoms with van der Waals surface area (Å²) in [4.78, 5) is 76.0. The second kappa shape index (κ2) is 28.7. The molecule has 3 aromatic carbocycles. The Balaban J connectivity index is 0.754. The molecule has 0 radical (unpaired) electrons. The fourth-order valence-corrected chi connectivity index (χ4v) is 9.66. The number of thiazole rings is 1. The molecule has 2 aliphatic rings. The van der Waals surface area contributed by atoms with Crippen LogP contribution in [0.1, 0.15) is 69.8 Å². The smallest absolute Gasteiger partial charge is 0.417 e. The van der Waals surface area contributed by atoms with Crippen molar-refractivity contribution in [2.45, 2.75) is 90.7 Å². The predicted octanol–water partition coefficient (Wildman–Crippen LogP) is 6.93. The molecule has 2 N–H and O–H groups in total. The van der Waals surface area contributed by atoms with Gasteiger partial charge in [-0.2, -0.15) is 18.4 Å². The van der Waals surface area contributed by atoms with Crippen LogP contribution in [0.25, 0.3) is 10.4 Å². The highest BCUT2D eigenvalue weighted by molar-refractivity contribution is 7.13. The highest BCUT2D eigenvalue weighted by Crippen LogP contribution is 2.40. The first kappa shape index (κ1) is 61.8. The average Bonchev–Trinajstić information content (AvgIpc) is 4.29. The lowest BCUT2D eigenvalue weighted by Crippen LogP contribution is -2.57. The minimum Gasteiger partial charge on any atom is -0.491 e. The summed E-state index contributed by atoms with van der Waals surface area (Å²) in [6.45, 7) is 13.6. The van der Waals surface area contributed by atoms with Crippen LogP contribution < -0.4 is 19.9 Å².